The molecule has 0 aromatic heterocycles. The lowest BCUT2D eigenvalue weighted by atomic mass is 10.0. The number of carbonyl (C=O) groups excluding carboxylic acids is 1. The van der Waals surface area contributed by atoms with Crippen LogP contribution in [0.5, 0.6) is 0 Å². The Morgan fingerprint density at radius 2 is 1.64 bits per heavy atom. The molecule has 1 aromatic rings. The van der Waals surface area contributed by atoms with E-state index in [-0.39, 0.29) is 16.8 Å². The highest BCUT2D eigenvalue weighted by Crippen LogP contribution is 2.22. The molecule has 0 radical (unpaired) electrons. The van der Waals surface area contributed by atoms with Crippen LogP contribution in [0.3, 0.4) is 0 Å². The van der Waals surface area contributed by atoms with Gasteiger partial charge in [0.25, 0.3) is 5.91 Å². The summed E-state index contributed by atoms with van der Waals surface area (Å²) in [6.45, 7) is 2.38. The van der Waals surface area contributed by atoms with Crippen LogP contribution in [0.4, 0.5) is 0 Å². The first-order chi connectivity index (χ1) is 12.0. The number of nitrogens with two attached hydrogens (primary N) is 1. The van der Waals surface area contributed by atoms with Crippen molar-refractivity contribution in [1.29, 1.82) is 0 Å². The topological polar surface area (TPSA) is 83.7 Å². The van der Waals surface area contributed by atoms with E-state index in [1.807, 2.05) is 0 Å². The van der Waals surface area contributed by atoms with Crippen LogP contribution in [0.25, 0.3) is 0 Å². The van der Waals surface area contributed by atoms with Crippen molar-refractivity contribution in [2.45, 2.75) is 49.5 Å². The van der Waals surface area contributed by atoms with Gasteiger partial charge in [0.2, 0.25) is 10.0 Å². The monoisotopic (exact) mass is 365 g/mol. The van der Waals surface area contributed by atoms with E-state index in [0.29, 0.717) is 31.7 Å². The molecule has 7 heteroatoms. The van der Waals surface area contributed by atoms with Crippen molar-refractivity contribution in [1.82, 2.24) is 9.21 Å². The summed E-state index contributed by atoms with van der Waals surface area (Å²) in [7, 11) is -3.54. The normalized spacial score (nSPS) is 21.1. The second kappa shape index (κ2) is 7.85. The van der Waals surface area contributed by atoms with Crippen LogP contribution in [0.15, 0.2) is 29.2 Å². The number of nitrogens with zero attached hydrogens (tertiary/aromatic N) is 2. The van der Waals surface area contributed by atoms with Crippen molar-refractivity contribution in [3.05, 3.63) is 29.8 Å². The molecule has 3 rings (SSSR count). The fourth-order valence-corrected chi connectivity index (χ4v) is 5.07. The fraction of sp³-hybridized carbons (Fsp3) is 0.611. The van der Waals surface area contributed by atoms with Crippen molar-refractivity contribution in [3.8, 4) is 0 Å². The van der Waals surface area contributed by atoms with Gasteiger partial charge in [0.1, 0.15) is 0 Å². The number of hydrogen-bond donors (Lipinski definition) is 1. The maximum absolute atomic E-state index is 12.9. The van der Waals surface area contributed by atoms with E-state index in [0.717, 1.165) is 38.5 Å². The maximum Gasteiger partial charge on any atom is 0.253 e. The first kappa shape index (κ1) is 18.4. The lowest BCUT2D eigenvalue weighted by molar-refractivity contribution is 0.0714. The van der Waals surface area contributed by atoms with E-state index >= 15 is 0 Å². The third-order valence-corrected chi connectivity index (χ3v) is 7.01. The summed E-state index contributed by atoms with van der Waals surface area (Å²) in [5.41, 5.74) is 6.33. The van der Waals surface area contributed by atoms with Gasteiger partial charge in [-0.2, -0.15) is 4.31 Å². The summed E-state index contributed by atoms with van der Waals surface area (Å²) in [4.78, 5) is 14.7. The molecule has 2 aliphatic heterocycles. The molecule has 0 spiro atoms. The van der Waals surface area contributed by atoms with Gasteiger partial charge >= 0.3 is 0 Å². The zero-order chi connectivity index (χ0) is 17.9. The van der Waals surface area contributed by atoms with Crippen LogP contribution < -0.4 is 5.73 Å². The number of carbonyl (C=O) groups is 1. The Morgan fingerprint density at radius 1 is 1.00 bits per heavy atom. The molecule has 0 bridgehead atoms. The second-order valence-corrected chi connectivity index (χ2v) is 8.91. The van der Waals surface area contributed by atoms with Gasteiger partial charge in [0.15, 0.2) is 0 Å². The molecular weight excluding hydrogens is 338 g/mol. The summed E-state index contributed by atoms with van der Waals surface area (Å²) in [5.74, 6) is -0.111. The van der Waals surface area contributed by atoms with Crippen molar-refractivity contribution in [2.75, 3.05) is 26.2 Å². The quantitative estimate of drug-likeness (QED) is 0.885. The highest BCUT2D eigenvalue weighted by atomic mass is 32.2. The first-order valence-electron chi connectivity index (χ1n) is 9.13. The highest BCUT2D eigenvalue weighted by molar-refractivity contribution is 7.89. The van der Waals surface area contributed by atoms with Gasteiger partial charge in [-0.3, -0.25) is 4.79 Å². The first-order valence-corrected chi connectivity index (χ1v) is 10.6. The van der Waals surface area contributed by atoms with Gasteiger partial charge in [0.05, 0.1) is 4.90 Å². The smallest absolute Gasteiger partial charge is 0.253 e. The number of likely N-dealkylation sites (tertiary alicyclic amines) is 1. The molecule has 2 N–H and O–H groups in total. The van der Waals surface area contributed by atoms with E-state index in [1.54, 1.807) is 27.4 Å². The minimum absolute atomic E-state index is 0.111. The van der Waals surface area contributed by atoms with Gasteiger partial charge in [-0.05, 0) is 43.9 Å². The minimum Gasteiger partial charge on any atom is -0.339 e. The van der Waals surface area contributed by atoms with Gasteiger partial charge < -0.3 is 10.6 Å². The Balaban J connectivity index is 1.79. The van der Waals surface area contributed by atoms with Gasteiger partial charge in [-0.25, -0.2) is 8.42 Å². The van der Waals surface area contributed by atoms with Gasteiger partial charge in [-0.1, -0.05) is 18.9 Å². The Bertz CT molecular complexity index is 704. The van der Waals surface area contributed by atoms with Crippen LogP contribution in [0.1, 0.15) is 48.9 Å². The predicted molar refractivity (Wildman–Crippen MR) is 96.8 cm³/mol. The largest absolute Gasteiger partial charge is 0.339 e. The Hall–Kier alpha value is -1.44. The van der Waals surface area contributed by atoms with E-state index in [4.69, 9.17) is 5.73 Å². The number of sulfonamides is 1. The molecule has 0 saturated carbocycles. The van der Waals surface area contributed by atoms with Crippen LogP contribution in [0.2, 0.25) is 0 Å². The lowest BCUT2D eigenvalue weighted by Gasteiger charge is -2.30. The average molecular weight is 365 g/mol. The van der Waals surface area contributed by atoms with Crippen LogP contribution in [-0.4, -0.2) is 55.8 Å². The molecule has 2 heterocycles. The maximum atomic E-state index is 12.9. The summed E-state index contributed by atoms with van der Waals surface area (Å²) in [6, 6.07) is 6.62. The molecule has 0 atom stereocenters. The predicted octanol–water partition coefficient (Wildman–Crippen LogP) is 1.81. The molecule has 25 heavy (non-hydrogen) atoms. The van der Waals surface area contributed by atoms with E-state index in [2.05, 4.69) is 0 Å². The third-order valence-electron chi connectivity index (χ3n) is 5.11. The average Bonchev–Trinajstić information content (AvgIpc) is 2.92. The van der Waals surface area contributed by atoms with Gasteiger partial charge in [-0.15, -0.1) is 0 Å². The van der Waals surface area contributed by atoms with Gasteiger partial charge in [0, 0.05) is 37.8 Å². The second-order valence-electron chi connectivity index (χ2n) is 6.98. The Kier molecular flexibility index (Phi) is 5.76. The molecule has 2 saturated heterocycles. The number of rotatable bonds is 3. The van der Waals surface area contributed by atoms with Crippen LogP contribution in [-0.2, 0) is 10.0 Å². The third kappa shape index (κ3) is 4.22. The number of piperidine rings is 1. The zero-order valence-corrected chi connectivity index (χ0v) is 15.4. The molecule has 6 nitrogen and oxygen atoms in total. The van der Waals surface area contributed by atoms with Crippen LogP contribution >= 0.6 is 0 Å². The van der Waals surface area contributed by atoms with Crippen molar-refractivity contribution in [2.24, 2.45) is 5.73 Å². The van der Waals surface area contributed by atoms with Crippen LogP contribution in [0, 0.1) is 0 Å². The Morgan fingerprint density at radius 3 is 2.28 bits per heavy atom. The molecule has 1 amide bonds. The molecule has 0 aliphatic carbocycles. The molecule has 1 aromatic carbocycles. The fourth-order valence-electron chi connectivity index (χ4n) is 3.51. The van der Waals surface area contributed by atoms with E-state index < -0.39 is 10.0 Å². The molecule has 2 fully saturated rings. The summed E-state index contributed by atoms with van der Waals surface area (Å²) in [5, 5.41) is 0. The summed E-state index contributed by atoms with van der Waals surface area (Å²) < 4.78 is 27.4. The standard InChI is InChI=1S/C18H27N3O3S/c19-16-8-12-20(13-9-16)18(22)15-6-5-7-17(14-15)25(23,24)21-10-3-1-2-4-11-21/h5-7,14,16H,1-4,8-13,19H2. The van der Waals surface area contributed by atoms with E-state index in [1.165, 1.54) is 6.07 Å². The SMILES string of the molecule is NC1CCN(C(=O)c2cccc(S(=O)(=O)N3CCCCCC3)c2)CC1. The molecule has 138 valence electrons. The molecule has 2 aliphatic rings. The van der Waals surface area contributed by atoms with E-state index in [9.17, 15) is 13.2 Å². The molecule has 0 unspecified atom stereocenters. The number of hydrogen-bond acceptors (Lipinski definition) is 4. The minimum atomic E-state index is -3.54. The van der Waals surface area contributed by atoms with Crippen molar-refractivity contribution in [3.63, 3.8) is 0 Å². The lowest BCUT2D eigenvalue weighted by Crippen LogP contribution is -2.42. The zero-order valence-electron chi connectivity index (χ0n) is 14.6. The molecular formula is C18H27N3O3S. The van der Waals surface area contributed by atoms with Crippen molar-refractivity contribution < 1.29 is 13.2 Å². The highest BCUT2D eigenvalue weighted by Gasteiger charge is 2.27. The summed E-state index contributed by atoms with van der Waals surface area (Å²) >= 11 is 0. The number of benzene rings is 1. The van der Waals surface area contributed by atoms with Crippen molar-refractivity contribution >= 4 is 15.9 Å². The Labute approximate surface area is 150 Å². The summed E-state index contributed by atoms with van der Waals surface area (Å²) in [6.07, 6.45) is 5.51. The number of amides is 1.